The van der Waals surface area contributed by atoms with Crippen LogP contribution in [0.2, 0.25) is 0 Å². The summed E-state index contributed by atoms with van der Waals surface area (Å²) in [6.45, 7) is 7.97. The first-order chi connectivity index (χ1) is 13.4. The van der Waals surface area contributed by atoms with Crippen LogP contribution in [-0.4, -0.2) is 90.2 Å². The monoisotopic (exact) mass is 427 g/mol. The van der Waals surface area contributed by atoms with E-state index in [-0.39, 0.29) is 37.0 Å². The summed E-state index contributed by atoms with van der Waals surface area (Å²) < 4.78 is 34.9. The Labute approximate surface area is 171 Å². The molecular formula is C18H29N5O5S. The van der Waals surface area contributed by atoms with Crippen molar-refractivity contribution >= 4 is 22.0 Å². The Balaban J connectivity index is 2.00. The predicted molar refractivity (Wildman–Crippen MR) is 105 cm³/mol. The van der Waals surface area contributed by atoms with Crippen LogP contribution >= 0.6 is 0 Å². The lowest BCUT2D eigenvalue weighted by Gasteiger charge is -2.30. The number of hydrogen-bond acceptors (Lipinski definition) is 6. The molecular weight excluding hydrogens is 398 g/mol. The van der Waals surface area contributed by atoms with E-state index in [2.05, 4.69) is 5.10 Å². The number of urea groups is 1. The summed E-state index contributed by atoms with van der Waals surface area (Å²) in [5, 5.41) is 4.23. The van der Waals surface area contributed by atoms with E-state index in [0.29, 0.717) is 17.9 Å². The maximum Gasteiger partial charge on any atom is 0.327 e. The van der Waals surface area contributed by atoms with Gasteiger partial charge in [-0.1, -0.05) is 13.8 Å². The van der Waals surface area contributed by atoms with Crippen LogP contribution in [0.15, 0.2) is 4.90 Å². The van der Waals surface area contributed by atoms with Gasteiger partial charge in [0.2, 0.25) is 10.0 Å². The number of aryl methyl sites for hydroxylation is 2. The Kier molecular flexibility index (Phi) is 5.52. The number of ether oxygens (including phenoxy) is 1. The molecule has 0 aromatic carbocycles. The van der Waals surface area contributed by atoms with Gasteiger partial charge in [-0.25, -0.2) is 13.2 Å². The van der Waals surface area contributed by atoms with Crippen LogP contribution in [0.1, 0.15) is 25.2 Å². The summed E-state index contributed by atoms with van der Waals surface area (Å²) in [5.41, 5.74) is 0.426. The molecule has 162 valence electrons. The van der Waals surface area contributed by atoms with Crippen LogP contribution in [0.25, 0.3) is 0 Å². The number of nitrogens with zero attached hydrogens (tertiary/aromatic N) is 5. The van der Waals surface area contributed by atoms with Gasteiger partial charge in [0, 0.05) is 33.8 Å². The van der Waals surface area contributed by atoms with Crippen molar-refractivity contribution in [2.45, 2.75) is 38.6 Å². The number of sulfonamides is 1. The molecule has 0 N–H and O–H groups in total. The Morgan fingerprint density at radius 2 is 1.86 bits per heavy atom. The van der Waals surface area contributed by atoms with E-state index in [1.54, 1.807) is 20.9 Å². The molecule has 0 radical (unpaired) electrons. The van der Waals surface area contributed by atoms with Crippen LogP contribution in [0, 0.1) is 19.3 Å². The zero-order chi connectivity index (χ0) is 21.7. The van der Waals surface area contributed by atoms with Crippen molar-refractivity contribution in [2.24, 2.45) is 12.5 Å². The Bertz CT molecular complexity index is 939. The van der Waals surface area contributed by atoms with Gasteiger partial charge in [0.25, 0.3) is 5.91 Å². The fourth-order valence-electron chi connectivity index (χ4n) is 4.12. The van der Waals surface area contributed by atoms with Crippen molar-refractivity contribution in [3.8, 4) is 0 Å². The van der Waals surface area contributed by atoms with Crippen molar-refractivity contribution in [3.63, 3.8) is 0 Å². The molecule has 3 heterocycles. The standard InChI is InChI=1S/C18H29N5O5S/c1-12-15(13(2)20(5)19-12)29(26,27)21-9-14-16(24)22(7-8-28-6)17(25)23(14)11-18(3,4)10-21/h14H,7-11H2,1-6H3. The van der Waals surface area contributed by atoms with Gasteiger partial charge in [-0.2, -0.15) is 9.40 Å². The lowest BCUT2D eigenvalue weighted by Crippen LogP contribution is -2.44. The minimum atomic E-state index is -3.89. The fourth-order valence-corrected chi connectivity index (χ4v) is 6.16. The molecule has 1 unspecified atom stereocenters. The van der Waals surface area contributed by atoms with E-state index in [9.17, 15) is 18.0 Å². The number of hydrogen-bond donors (Lipinski definition) is 0. The highest BCUT2D eigenvalue weighted by molar-refractivity contribution is 7.89. The topological polar surface area (TPSA) is 105 Å². The zero-order valence-electron chi connectivity index (χ0n) is 17.8. The molecule has 29 heavy (non-hydrogen) atoms. The van der Waals surface area contributed by atoms with Crippen molar-refractivity contribution in [2.75, 3.05) is 39.9 Å². The Hall–Kier alpha value is -1.98. The second-order valence-electron chi connectivity index (χ2n) is 8.49. The Morgan fingerprint density at radius 1 is 1.21 bits per heavy atom. The molecule has 1 atom stereocenters. The van der Waals surface area contributed by atoms with E-state index in [1.165, 1.54) is 21.0 Å². The first-order valence-electron chi connectivity index (χ1n) is 9.52. The summed E-state index contributed by atoms with van der Waals surface area (Å²) in [6, 6.07) is -1.23. The van der Waals surface area contributed by atoms with Crippen LogP contribution in [0.3, 0.4) is 0 Å². The largest absolute Gasteiger partial charge is 0.383 e. The summed E-state index contributed by atoms with van der Waals surface area (Å²) in [4.78, 5) is 28.6. The molecule has 1 aromatic heterocycles. The normalized spacial score (nSPS) is 22.9. The maximum absolute atomic E-state index is 13.5. The van der Waals surface area contributed by atoms with E-state index in [1.807, 2.05) is 13.8 Å². The summed E-state index contributed by atoms with van der Waals surface area (Å²) in [6.07, 6.45) is 0. The molecule has 3 amide bonds. The molecule has 2 saturated heterocycles. The smallest absolute Gasteiger partial charge is 0.327 e. The van der Waals surface area contributed by atoms with Gasteiger partial charge in [-0.15, -0.1) is 0 Å². The number of rotatable bonds is 5. The van der Waals surface area contributed by atoms with E-state index in [4.69, 9.17) is 4.74 Å². The number of aromatic nitrogens is 2. The molecule has 2 aliphatic heterocycles. The van der Waals surface area contributed by atoms with Crippen LogP contribution in [-0.2, 0) is 26.6 Å². The summed E-state index contributed by atoms with van der Waals surface area (Å²) in [7, 11) is -0.698. The second-order valence-corrected chi connectivity index (χ2v) is 10.4. The first kappa shape index (κ1) is 21.7. The Morgan fingerprint density at radius 3 is 2.41 bits per heavy atom. The number of methoxy groups -OCH3 is 1. The van der Waals surface area contributed by atoms with Crippen LogP contribution in [0.5, 0.6) is 0 Å². The predicted octanol–water partition coefficient (Wildman–Crippen LogP) is 0.347. The van der Waals surface area contributed by atoms with Gasteiger partial charge in [0.05, 0.1) is 24.5 Å². The van der Waals surface area contributed by atoms with Crippen LogP contribution < -0.4 is 0 Å². The number of amides is 3. The molecule has 2 aliphatic rings. The zero-order valence-corrected chi connectivity index (χ0v) is 18.6. The lowest BCUT2D eigenvalue weighted by molar-refractivity contribution is -0.128. The van der Waals surface area contributed by atoms with Gasteiger partial charge >= 0.3 is 6.03 Å². The first-order valence-corrected chi connectivity index (χ1v) is 11.0. The van der Waals surface area contributed by atoms with Crippen LogP contribution in [0.4, 0.5) is 4.79 Å². The van der Waals surface area contributed by atoms with E-state index < -0.39 is 27.5 Å². The van der Waals surface area contributed by atoms with Crippen molar-refractivity contribution in [1.82, 2.24) is 23.9 Å². The molecule has 0 spiro atoms. The van der Waals surface area contributed by atoms with Gasteiger partial charge in [0.15, 0.2) is 0 Å². The number of fused-ring (bicyclic) bond motifs is 1. The molecule has 3 rings (SSSR count). The highest BCUT2D eigenvalue weighted by atomic mass is 32.2. The van der Waals surface area contributed by atoms with Gasteiger partial charge in [0.1, 0.15) is 10.9 Å². The number of imide groups is 1. The minimum absolute atomic E-state index is 0.0758. The van der Waals surface area contributed by atoms with E-state index >= 15 is 0 Å². The number of carbonyl (C=O) groups is 2. The minimum Gasteiger partial charge on any atom is -0.383 e. The summed E-state index contributed by atoms with van der Waals surface area (Å²) >= 11 is 0. The third-order valence-corrected chi connectivity index (χ3v) is 7.61. The SMILES string of the molecule is COCCN1C(=O)C2CN(S(=O)(=O)c3c(C)nn(C)c3C)CC(C)(C)CN2C1=O. The summed E-state index contributed by atoms with van der Waals surface area (Å²) in [5.74, 6) is -0.385. The molecule has 10 nitrogen and oxygen atoms in total. The molecule has 0 aliphatic carbocycles. The van der Waals surface area contributed by atoms with Gasteiger partial charge in [-0.05, 0) is 19.3 Å². The molecule has 2 fully saturated rings. The second kappa shape index (κ2) is 7.37. The van der Waals surface area contributed by atoms with Crippen molar-refractivity contribution in [3.05, 3.63) is 11.4 Å². The molecule has 0 saturated carbocycles. The molecule has 0 bridgehead atoms. The highest BCUT2D eigenvalue weighted by Gasteiger charge is 2.51. The lowest BCUT2D eigenvalue weighted by atomic mass is 9.93. The third-order valence-electron chi connectivity index (χ3n) is 5.54. The molecule has 1 aromatic rings. The molecule has 11 heteroatoms. The van der Waals surface area contributed by atoms with Gasteiger partial charge < -0.3 is 9.64 Å². The van der Waals surface area contributed by atoms with Crippen molar-refractivity contribution in [1.29, 1.82) is 0 Å². The third kappa shape index (κ3) is 3.66. The fraction of sp³-hybridized carbons (Fsp3) is 0.722. The average molecular weight is 428 g/mol. The highest BCUT2D eigenvalue weighted by Crippen LogP contribution is 2.33. The average Bonchev–Trinajstić information content (AvgIpc) is 2.91. The maximum atomic E-state index is 13.5. The van der Waals surface area contributed by atoms with E-state index in [0.717, 1.165) is 4.90 Å². The van der Waals surface area contributed by atoms with Crippen molar-refractivity contribution < 1.29 is 22.7 Å². The number of carbonyl (C=O) groups excluding carboxylic acids is 2. The van der Waals surface area contributed by atoms with Gasteiger partial charge in [-0.3, -0.25) is 14.4 Å². The quantitative estimate of drug-likeness (QED) is 0.628.